The largest absolute Gasteiger partial charge is 0.393 e. The van der Waals surface area contributed by atoms with Crippen molar-refractivity contribution in [1.82, 2.24) is 5.32 Å². The fourth-order valence-electron chi connectivity index (χ4n) is 2.62. The Morgan fingerprint density at radius 3 is 2.56 bits per heavy atom. The van der Waals surface area contributed by atoms with Crippen LogP contribution in [0.2, 0.25) is 0 Å². The van der Waals surface area contributed by atoms with Crippen LogP contribution in [0.1, 0.15) is 31.2 Å². The minimum absolute atomic E-state index is 0.0991. The maximum atomic E-state index is 9.59. The van der Waals surface area contributed by atoms with Gasteiger partial charge < -0.3 is 15.3 Å². The molecule has 0 bridgehead atoms. The average Bonchev–Trinajstić information content (AvgIpc) is 3.22. The summed E-state index contributed by atoms with van der Waals surface area (Å²) in [6.45, 7) is 2.92. The maximum Gasteiger partial charge on any atom is 0.0574 e. The third-order valence-electron chi connectivity index (χ3n) is 3.96. The summed E-state index contributed by atoms with van der Waals surface area (Å²) in [5.74, 6) is 0. The van der Waals surface area contributed by atoms with Gasteiger partial charge in [-0.3, -0.25) is 0 Å². The highest BCUT2D eigenvalue weighted by Crippen LogP contribution is 2.26. The molecule has 0 atom stereocenters. The van der Waals surface area contributed by atoms with Gasteiger partial charge in [0, 0.05) is 31.4 Å². The zero-order valence-corrected chi connectivity index (χ0v) is 10.8. The summed E-state index contributed by atoms with van der Waals surface area (Å²) in [6, 6.07) is 9.41. The van der Waals surface area contributed by atoms with E-state index in [4.69, 9.17) is 0 Å². The van der Waals surface area contributed by atoms with Gasteiger partial charge in [-0.25, -0.2) is 0 Å². The zero-order valence-electron chi connectivity index (χ0n) is 10.8. The lowest BCUT2D eigenvalue weighted by molar-refractivity contribution is 0.145. The Morgan fingerprint density at radius 2 is 1.83 bits per heavy atom. The maximum absolute atomic E-state index is 9.59. The molecule has 2 N–H and O–H groups in total. The first kappa shape index (κ1) is 12.0. The molecule has 1 aromatic rings. The lowest BCUT2D eigenvalue weighted by atomic mass is 10.1. The molecule has 2 fully saturated rings. The van der Waals surface area contributed by atoms with Crippen molar-refractivity contribution < 1.29 is 5.11 Å². The summed E-state index contributed by atoms with van der Waals surface area (Å²) >= 11 is 0. The van der Waals surface area contributed by atoms with Crippen LogP contribution >= 0.6 is 0 Å². The van der Waals surface area contributed by atoms with Crippen molar-refractivity contribution in [3.63, 3.8) is 0 Å². The highest BCUT2D eigenvalue weighted by Gasteiger charge is 2.22. The van der Waals surface area contributed by atoms with Crippen molar-refractivity contribution in [2.75, 3.05) is 18.0 Å². The van der Waals surface area contributed by atoms with E-state index in [0.29, 0.717) is 0 Å². The normalized spacial score (nSPS) is 21.3. The number of rotatable bonds is 4. The van der Waals surface area contributed by atoms with Crippen LogP contribution in [0, 0.1) is 0 Å². The van der Waals surface area contributed by atoms with Crippen LogP contribution < -0.4 is 10.2 Å². The molecule has 0 unspecified atom stereocenters. The zero-order chi connectivity index (χ0) is 12.4. The van der Waals surface area contributed by atoms with Crippen molar-refractivity contribution in [3.05, 3.63) is 29.8 Å². The van der Waals surface area contributed by atoms with Crippen LogP contribution in [0.15, 0.2) is 24.3 Å². The van der Waals surface area contributed by atoms with E-state index in [1.807, 2.05) is 0 Å². The van der Waals surface area contributed by atoms with Crippen molar-refractivity contribution in [2.24, 2.45) is 0 Å². The van der Waals surface area contributed by atoms with Crippen LogP contribution in [0.3, 0.4) is 0 Å². The van der Waals surface area contributed by atoms with E-state index < -0.39 is 0 Å². The van der Waals surface area contributed by atoms with Gasteiger partial charge in [-0.2, -0.15) is 0 Å². The van der Waals surface area contributed by atoms with Gasteiger partial charge in [0.1, 0.15) is 0 Å². The molecule has 0 aromatic heterocycles. The van der Waals surface area contributed by atoms with Crippen LogP contribution in [0.25, 0.3) is 0 Å². The van der Waals surface area contributed by atoms with E-state index in [1.165, 1.54) is 24.1 Å². The highest BCUT2D eigenvalue weighted by molar-refractivity contribution is 5.54. The first-order valence-electron chi connectivity index (χ1n) is 7.07. The molecule has 1 saturated heterocycles. The van der Waals surface area contributed by atoms with Gasteiger partial charge in [0.15, 0.2) is 0 Å². The quantitative estimate of drug-likeness (QED) is 0.851. The topological polar surface area (TPSA) is 35.5 Å². The van der Waals surface area contributed by atoms with Gasteiger partial charge in [0.05, 0.1) is 6.10 Å². The Morgan fingerprint density at radius 1 is 1.11 bits per heavy atom. The van der Waals surface area contributed by atoms with Crippen LogP contribution in [-0.2, 0) is 6.54 Å². The van der Waals surface area contributed by atoms with E-state index in [-0.39, 0.29) is 6.10 Å². The molecule has 1 aromatic carbocycles. The molecule has 1 aliphatic carbocycles. The Kier molecular flexibility index (Phi) is 3.52. The number of hydrogen-bond acceptors (Lipinski definition) is 3. The summed E-state index contributed by atoms with van der Waals surface area (Å²) in [7, 11) is 0. The van der Waals surface area contributed by atoms with Crippen LogP contribution in [0.5, 0.6) is 0 Å². The molecule has 3 rings (SSSR count). The molecular weight excluding hydrogens is 224 g/mol. The predicted molar refractivity (Wildman–Crippen MR) is 73.8 cm³/mol. The van der Waals surface area contributed by atoms with E-state index in [2.05, 4.69) is 34.5 Å². The third kappa shape index (κ3) is 2.85. The van der Waals surface area contributed by atoms with E-state index >= 15 is 0 Å². The van der Waals surface area contributed by atoms with Crippen molar-refractivity contribution in [1.29, 1.82) is 0 Å². The van der Waals surface area contributed by atoms with E-state index in [9.17, 15) is 5.11 Å². The molecule has 1 saturated carbocycles. The minimum Gasteiger partial charge on any atom is -0.393 e. The molecule has 2 aliphatic rings. The van der Waals surface area contributed by atoms with Crippen molar-refractivity contribution in [3.8, 4) is 0 Å². The Labute approximate surface area is 109 Å². The van der Waals surface area contributed by atoms with Crippen LogP contribution in [0.4, 0.5) is 5.69 Å². The highest BCUT2D eigenvalue weighted by atomic mass is 16.3. The van der Waals surface area contributed by atoms with Gasteiger partial charge in [-0.1, -0.05) is 18.2 Å². The Bertz CT molecular complexity index is 395. The molecule has 98 valence electrons. The average molecular weight is 246 g/mol. The Hall–Kier alpha value is -1.06. The van der Waals surface area contributed by atoms with Crippen molar-refractivity contribution in [2.45, 2.75) is 44.4 Å². The second kappa shape index (κ2) is 5.29. The molecule has 0 amide bonds. The minimum atomic E-state index is -0.0991. The second-order valence-corrected chi connectivity index (χ2v) is 5.50. The van der Waals surface area contributed by atoms with Gasteiger partial charge in [-0.05, 0) is 37.3 Å². The summed E-state index contributed by atoms with van der Waals surface area (Å²) in [6.07, 6.45) is 4.35. The first-order valence-corrected chi connectivity index (χ1v) is 7.07. The lowest BCUT2D eigenvalue weighted by Gasteiger charge is -2.33. The van der Waals surface area contributed by atoms with Crippen LogP contribution in [-0.4, -0.2) is 30.3 Å². The molecular formula is C15H22N2O. The number of benzene rings is 1. The van der Waals surface area contributed by atoms with Gasteiger partial charge in [0.25, 0.3) is 0 Å². The monoisotopic (exact) mass is 246 g/mol. The summed E-state index contributed by atoms with van der Waals surface area (Å²) in [5, 5.41) is 13.2. The van der Waals surface area contributed by atoms with Crippen molar-refractivity contribution >= 4 is 5.69 Å². The predicted octanol–water partition coefficient (Wildman–Crippen LogP) is 1.90. The molecule has 3 nitrogen and oxygen atoms in total. The number of anilines is 1. The Balaban J connectivity index is 1.69. The number of piperidine rings is 1. The van der Waals surface area contributed by atoms with E-state index in [1.54, 1.807) is 0 Å². The number of hydrogen-bond donors (Lipinski definition) is 2. The SMILES string of the molecule is OC1CCN(c2ccccc2CNC2CC2)CC1. The molecule has 18 heavy (non-hydrogen) atoms. The summed E-state index contributed by atoms with van der Waals surface area (Å²) in [5.41, 5.74) is 2.73. The number of nitrogens with zero attached hydrogens (tertiary/aromatic N) is 1. The lowest BCUT2D eigenvalue weighted by Crippen LogP contribution is -2.36. The van der Waals surface area contributed by atoms with Gasteiger partial charge in [-0.15, -0.1) is 0 Å². The smallest absolute Gasteiger partial charge is 0.0574 e. The van der Waals surface area contributed by atoms with E-state index in [0.717, 1.165) is 38.5 Å². The fraction of sp³-hybridized carbons (Fsp3) is 0.600. The second-order valence-electron chi connectivity index (χ2n) is 5.50. The van der Waals surface area contributed by atoms with Gasteiger partial charge in [0.2, 0.25) is 0 Å². The molecule has 0 spiro atoms. The molecule has 3 heteroatoms. The molecule has 0 radical (unpaired) electrons. The summed E-state index contributed by atoms with van der Waals surface area (Å²) in [4.78, 5) is 2.41. The molecule has 1 aliphatic heterocycles. The first-order chi connectivity index (χ1) is 8.83. The molecule has 1 heterocycles. The number of para-hydroxylation sites is 1. The fourth-order valence-corrected chi connectivity index (χ4v) is 2.62. The standard InChI is InChI=1S/C15H22N2O/c18-14-7-9-17(10-8-14)15-4-2-1-3-12(15)11-16-13-5-6-13/h1-4,13-14,16,18H,5-11H2. The van der Waals surface area contributed by atoms with Gasteiger partial charge >= 0.3 is 0 Å². The number of aliphatic hydroxyl groups excluding tert-OH is 1. The third-order valence-corrected chi connectivity index (χ3v) is 3.96. The summed E-state index contributed by atoms with van der Waals surface area (Å²) < 4.78 is 0. The number of aliphatic hydroxyl groups is 1. The number of nitrogens with one attached hydrogen (secondary N) is 1.